The summed E-state index contributed by atoms with van der Waals surface area (Å²) in [5.41, 5.74) is 2.22. The van der Waals surface area contributed by atoms with Gasteiger partial charge >= 0.3 is 0 Å². The summed E-state index contributed by atoms with van der Waals surface area (Å²) in [6, 6.07) is 4.72. The van der Waals surface area contributed by atoms with Crippen molar-refractivity contribution in [3.05, 3.63) is 57.3 Å². The maximum atomic E-state index is 13.6. The first-order valence-electron chi connectivity index (χ1n) is 12.0. The minimum atomic E-state index is -0.775. The molecule has 0 radical (unpaired) electrons. The first-order chi connectivity index (χ1) is 17.3. The van der Waals surface area contributed by atoms with Crippen molar-refractivity contribution < 1.29 is 14.0 Å². The molecular formula is C25H30ClFN6O2S. The van der Waals surface area contributed by atoms with E-state index in [-0.39, 0.29) is 17.7 Å². The van der Waals surface area contributed by atoms with Crippen molar-refractivity contribution >= 4 is 46.1 Å². The molecule has 11 heteroatoms. The lowest BCUT2D eigenvalue weighted by Gasteiger charge is -2.28. The van der Waals surface area contributed by atoms with Crippen LogP contribution < -0.4 is 16.0 Å². The van der Waals surface area contributed by atoms with E-state index in [4.69, 9.17) is 11.6 Å². The van der Waals surface area contributed by atoms with E-state index in [0.717, 1.165) is 16.3 Å². The van der Waals surface area contributed by atoms with Gasteiger partial charge in [0.2, 0.25) is 5.91 Å². The number of nitrogens with one attached hydrogen (secondary N) is 3. The lowest BCUT2D eigenvalue weighted by molar-refractivity contribution is -0.118. The van der Waals surface area contributed by atoms with Crippen LogP contribution in [0.3, 0.4) is 0 Å². The van der Waals surface area contributed by atoms with E-state index in [2.05, 4.69) is 26.0 Å². The van der Waals surface area contributed by atoms with E-state index in [1.807, 2.05) is 19.1 Å². The molecule has 0 aromatic carbocycles. The van der Waals surface area contributed by atoms with E-state index < -0.39 is 12.2 Å². The fourth-order valence-electron chi connectivity index (χ4n) is 4.33. The van der Waals surface area contributed by atoms with Crippen LogP contribution >= 0.6 is 22.9 Å². The van der Waals surface area contributed by atoms with Gasteiger partial charge in [0.15, 0.2) is 0 Å². The number of carbonyl (C=O) groups excluding carboxylic acids is 2. The second kappa shape index (κ2) is 11.8. The summed E-state index contributed by atoms with van der Waals surface area (Å²) in [5, 5.41) is 13.7. The molecule has 1 aliphatic carbocycles. The minimum Gasteiger partial charge on any atom is -0.379 e. The molecule has 3 N–H and O–H groups in total. The van der Waals surface area contributed by atoms with Crippen LogP contribution in [-0.4, -0.2) is 38.8 Å². The van der Waals surface area contributed by atoms with Crippen molar-refractivity contribution in [1.29, 1.82) is 0 Å². The van der Waals surface area contributed by atoms with Crippen molar-refractivity contribution in [2.45, 2.75) is 57.8 Å². The van der Waals surface area contributed by atoms with Crippen LogP contribution in [0.4, 0.5) is 15.8 Å². The summed E-state index contributed by atoms with van der Waals surface area (Å²) in [7, 11) is 1.76. The highest BCUT2D eigenvalue weighted by Gasteiger charge is 2.29. The van der Waals surface area contributed by atoms with Crippen molar-refractivity contribution in [3.63, 3.8) is 0 Å². The van der Waals surface area contributed by atoms with Crippen molar-refractivity contribution in [3.8, 4) is 0 Å². The Bertz CT molecular complexity index is 1210. The SMILES string of the molecule is Cc1ncc(Cl)cc1NCc1ccc(C(=O)N[C@@H](CC2CCC(F)CC2)C(=O)Nc2cnn(C)c2)s1. The maximum absolute atomic E-state index is 13.6. The summed E-state index contributed by atoms with van der Waals surface area (Å²) in [5.74, 6) is -0.432. The fourth-order valence-corrected chi connectivity index (χ4v) is 5.34. The standard InChI is InChI=1S/C25H30ClFN6O2S/c1-15-21(10-17(26)11-28-15)29-13-20-7-8-23(36-20)25(35)32-22(9-16-3-5-18(27)6-4-16)24(34)31-19-12-30-33(2)14-19/h7-8,10-12,14,16,18,22,29H,3-6,9,13H2,1-2H3,(H,31,34)(H,32,35)/t16?,18?,22-/m0/s1. The zero-order valence-corrected chi connectivity index (χ0v) is 21.8. The van der Waals surface area contributed by atoms with Gasteiger partial charge in [-0.25, -0.2) is 4.39 Å². The summed E-state index contributed by atoms with van der Waals surface area (Å²) in [6.45, 7) is 2.40. The fraction of sp³-hybridized carbons (Fsp3) is 0.440. The number of alkyl halides is 1. The van der Waals surface area contributed by atoms with Crippen molar-refractivity contribution in [1.82, 2.24) is 20.1 Å². The number of thiophene rings is 1. The Hall–Kier alpha value is -2.98. The molecule has 0 saturated heterocycles. The quantitative estimate of drug-likeness (QED) is 0.356. The van der Waals surface area contributed by atoms with E-state index in [0.29, 0.717) is 54.2 Å². The molecule has 1 atom stereocenters. The number of hydrogen-bond acceptors (Lipinski definition) is 6. The topological polar surface area (TPSA) is 101 Å². The number of hydrogen-bond donors (Lipinski definition) is 3. The lowest BCUT2D eigenvalue weighted by Crippen LogP contribution is -2.45. The van der Waals surface area contributed by atoms with Crippen LogP contribution in [0.2, 0.25) is 5.02 Å². The Kier molecular flexibility index (Phi) is 8.58. The molecule has 0 bridgehead atoms. The predicted octanol–water partition coefficient (Wildman–Crippen LogP) is 5.11. The van der Waals surface area contributed by atoms with Gasteiger partial charge in [-0.15, -0.1) is 11.3 Å². The average molecular weight is 533 g/mol. The molecule has 8 nitrogen and oxygen atoms in total. The largest absolute Gasteiger partial charge is 0.379 e. The van der Waals surface area contributed by atoms with Crippen molar-refractivity contribution in [2.24, 2.45) is 13.0 Å². The van der Waals surface area contributed by atoms with E-state index in [1.165, 1.54) is 11.3 Å². The molecule has 0 spiro atoms. The highest BCUT2D eigenvalue weighted by molar-refractivity contribution is 7.14. The highest BCUT2D eigenvalue weighted by atomic mass is 35.5. The summed E-state index contributed by atoms with van der Waals surface area (Å²) < 4.78 is 15.2. The van der Waals surface area contributed by atoms with Crippen molar-refractivity contribution in [2.75, 3.05) is 10.6 Å². The highest BCUT2D eigenvalue weighted by Crippen LogP contribution is 2.30. The van der Waals surface area contributed by atoms with Gasteiger partial charge in [-0.1, -0.05) is 11.6 Å². The molecule has 0 aliphatic heterocycles. The Morgan fingerprint density at radius 1 is 1.25 bits per heavy atom. The molecule has 1 fully saturated rings. The third-order valence-corrected chi connectivity index (χ3v) is 7.62. The summed E-state index contributed by atoms with van der Waals surface area (Å²) in [6.07, 6.45) is 6.95. The van der Waals surface area contributed by atoms with Gasteiger partial charge in [0.1, 0.15) is 12.2 Å². The second-order valence-corrected chi connectivity index (χ2v) is 10.8. The Balaban J connectivity index is 1.40. The maximum Gasteiger partial charge on any atom is 0.262 e. The Morgan fingerprint density at radius 2 is 2.03 bits per heavy atom. The number of halogens is 2. The van der Waals surface area contributed by atoms with Gasteiger partial charge in [-0.3, -0.25) is 19.3 Å². The van der Waals surface area contributed by atoms with Gasteiger partial charge in [0.25, 0.3) is 5.91 Å². The van der Waals surface area contributed by atoms with Crippen LogP contribution in [0.5, 0.6) is 0 Å². The number of amides is 2. The predicted molar refractivity (Wildman–Crippen MR) is 140 cm³/mol. The molecule has 36 heavy (non-hydrogen) atoms. The number of aromatic nitrogens is 3. The molecule has 2 amide bonds. The lowest BCUT2D eigenvalue weighted by atomic mass is 9.83. The van der Waals surface area contributed by atoms with Crippen LogP contribution in [0, 0.1) is 12.8 Å². The molecule has 192 valence electrons. The van der Waals surface area contributed by atoms with Crippen LogP contribution in [0.15, 0.2) is 36.8 Å². The molecule has 0 unspecified atom stereocenters. The molecule has 3 aromatic heterocycles. The zero-order valence-electron chi connectivity index (χ0n) is 20.3. The van der Waals surface area contributed by atoms with Crippen LogP contribution in [-0.2, 0) is 18.4 Å². The van der Waals surface area contributed by atoms with E-state index in [1.54, 1.807) is 36.4 Å². The smallest absolute Gasteiger partial charge is 0.262 e. The van der Waals surface area contributed by atoms with Gasteiger partial charge in [-0.2, -0.15) is 5.10 Å². The molecule has 3 heterocycles. The Morgan fingerprint density at radius 3 is 2.75 bits per heavy atom. The number of aryl methyl sites for hydroxylation is 2. The average Bonchev–Trinajstić information content (AvgIpc) is 3.49. The first kappa shape index (κ1) is 26.1. The zero-order chi connectivity index (χ0) is 25.7. The number of anilines is 2. The number of nitrogens with zero attached hydrogens (tertiary/aromatic N) is 3. The second-order valence-electron chi connectivity index (χ2n) is 9.18. The van der Waals surface area contributed by atoms with Gasteiger partial charge < -0.3 is 16.0 Å². The van der Waals surface area contributed by atoms with Gasteiger partial charge in [-0.05, 0) is 63.1 Å². The van der Waals surface area contributed by atoms with Crippen LogP contribution in [0.1, 0.15) is 52.3 Å². The molecular weight excluding hydrogens is 503 g/mol. The van der Waals surface area contributed by atoms with Gasteiger partial charge in [0, 0.05) is 30.9 Å². The Labute approximate surface area is 218 Å². The number of carbonyl (C=O) groups is 2. The molecule has 1 aliphatic rings. The molecule has 3 aromatic rings. The first-order valence-corrected chi connectivity index (χ1v) is 13.2. The minimum absolute atomic E-state index is 0.180. The molecule has 4 rings (SSSR count). The normalized spacial score (nSPS) is 18.4. The summed E-state index contributed by atoms with van der Waals surface area (Å²) >= 11 is 7.39. The monoisotopic (exact) mass is 532 g/mol. The molecule has 1 saturated carbocycles. The van der Waals surface area contributed by atoms with E-state index in [9.17, 15) is 14.0 Å². The summed E-state index contributed by atoms with van der Waals surface area (Å²) in [4.78, 5) is 31.9. The number of pyridine rings is 1. The number of rotatable bonds is 9. The van der Waals surface area contributed by atoms with Gasteiger partial charge in [0.05, 0.1) is 33.2 Å². The third-order valence-electron chi connectivity index (χ3n) is 6.33. The van der Waals surface area contributed by atoms with Crippen LogP contribution in [0.25, 0.3) is 0 Å². The van der Waals surface area contributed by atoms with E-state index >= 15 is 0 Å². The third kappa shape index (κ3) is 7.04.